The molecule has 0 unspecified atom stereocenters. The van der Waals surface area contributed by atoms with Crippen LogP contribution in [0.25, 0.3) is 0 Å². The van der Waals surface area contributed by atoms with Crippen molar-refractivity contribution in [3.63, 3.8) is 0 Å². The molecule has 0 spiro atoms. The van der Waals surface area contributed by atoms with Crippen LogP contribution in [0.5, 0.6) is 0 Å². The highest BCUT2D eigenvalue weighted by atomic mass is 19.3. The Morgan fingerprint density at radius 1 is 1.33 bits per heavy atom. The van der Waals surface area contributed by atoms with Gasteiger partial charge in [-0.3, -0.25) is 4.79 Å². The van der Waals surface area contributed by atoms with Crippen LogP contribution in [0.15, 0.2) is 0 Å². The molecule has 3 nitrogen and oxygen atoms in total. The Labute approximate surface area is 87.6 Å². The number of nitrogens with zero attached hydrogens (tertiary/aromatic N) is 1. The smallest absolute Gasteiger partial charge is 0.282 e. The lowest BCUT2D eigenvalue weighted by Crippen LogP contribution is -2.62. The minimum Gasteiger partial charge on any atom is -0.329 e. The largest absolute Gasteiger partial charge is 0.329 e. The number of amides is 1. The highest BCUT2D eigenvalue weighted by Gasteiger charge is 2.48. The zero-order chi connectivity index (χ0) is 11.1. The molecule has 15 heavy (non-hydrogen) atoms. The molecule has 0 bridgehead atoms. The zero-order valence-electron chi connectivity index (χ0n) is 8.59. The third-order valence-electron chi connectivity index (χ3n) is 3.35. The Morgan fingerprint density at radius 3 is 2.33 bits per heavy atom. The summed E-state index contributed by atoms with van der Waals surface area (Å²) in [6.45, 7) is -0.904. The minimum absolute atomic E-state index is 0.201. The average molecular weight is 218 g/mol. The van der Waals surface area contributed by atoms with E-state index in [0.717, 1.165) is 25.7 Å². The second-order valence-electron chi connectivity index (χ2n) is 4.62. The molecule has 2 rings (SSSR count). The van der Waals surface area contributed by atoms with E-state index < -0.39 is 25.1 Å². The first kappa shape index (κ1) is 10.8. The first-order valence-electron chi connectivity index (χ1n) is 5.42. The van der Waals surface area contributed by atoms with E-state index in [1.54, 1.807) is 0 Å². The maximum atomic E-state index is 12.6. The Kier molecular flexibility index (Phi) is 2.66. The van der Waals surface area contributed by atoms with Crippen LogP contribution >= 0.6 is 0 Å². The van der Waals surface area contributed by atoms with Crippen molar-refractivity contribution >= 4 is 5.91 Å². The maximum Gasteiger partial charge on any atom is 0.282 e. The first-order chi connectivity index (χ1) is 6.99. The predicted octanol–water partition coefficient (Wildman–Crippen LogP) is 0.981. The molecule has 0 aromatic carbocycles. The quantitative estimate of drug-likeness (QED) is 0.751. The van der Waals surface area contributed by atoms with E-state index in [-0.39, 0.29) is 11.8 Å². The summed E-state index contributed by atoms with van der Waals surface area (Å²) in [4.78, 5) is 12.8. The van der Waals surface area contributed by atoms with Gasteiger partial charge < -0.3 is 10.6 Å². The summed E-state index contributed by atoms with van der Waals surface area (Å²) >= 11 is 0. The second-order valence-corrected chi connectivity index (χ2v) is 4.62. The van der Waals surface area contributed by atoms with Crippen molar-refractivity contribution < 1.29 is 13.6 Å². The van der Waals surface area contributed by atoms with E-state index in [2.05, 4.69) is 0 Å². The first-order valence-corrected chi connectivity index (χ1v) is 5.42. The summed E-state index contributed by atoms with van der Waals surface area (Å²) in [5.41, 5.74) is 5.79. The van der Waals surface area contributed by atoms with Crippen molar-refractivity contribution in [1.29, 1.82) is 0 Å². The molecule has 0 radical (unpaired) electrons. The van der Waals surface area contributed by atoms with Crippen molar-refractivity contribution in [3.8, 4) is 0 Å². The summed E-state index contributed by atoms with van der Waals surface area (Å²) in [7, 11) is 0. The molecule has 5 heteroatoms. The van der Waals surface area contributed by atoms with Gasteiger partial charge in [0.1, 0.15) is 0 Å². The van der Waals surface area contributed by atoms with Gasteiger partial charge in [-0.1, -0.05) is 12.8 Å². The van der Waals surface area contributed by atoms with Crippen LogP contribution in [0.3, 0.4) is 0 Å². The highest BCUT2D eigenvalue weighted by Crippen LogP contribution is 2.31. The van der Waals surface area contributed by atoms with E-state index in [4.69, 9.17) is 5.73 Å². The van der Waals surface area contributed by atoms with Gasteiger partial charge >= 0.3 is 0 Å². The van der Waals surface area contributed by atoms with Crippen molar-refractivity contribution in [2.24, 2.45) is 11.7 Å². The van der Waals surface area contributed by atoms with Crippen molar-refractivity contribution in [2.75, 3.05) is 13.1 Å². The fourth-order valence-electron chi connectivity index (χ4n) is 2.40. The van der Waals surface area contributed by atoms with Crippen LogP contribution in [0.1, 0.15) is 25.7 Å². The molecule has 86 valence electrons. The lowest BCUT2D eigenvalue weighted by atomic mass is 9.96. The number of nitrogens with two attached hydrogens (primary N) is 1. The van der Waals surface area contributed by atoms with Crippen LogP contribution in [-0.4, -0.2) is 35.9 Å². The molecule has 1 aliphatic carbocycles. The lowest BCUT2D eigenvalue weighted by molar-refractivity contribution is -0.168. The molecule has 1 saturated heterocycles. The molecule has 1 amide bonds. The molecule has 2 aliphatic rings. The number of hydrogen-bond acceptors (Lipinski definition) is 2. The molecular formula is C10H16F2N2O. The van der Waals surface area contributed by atoms with Gasteiger partial charge in [0.2, 0.25) is 5.91 Å². The van der Waals surface area contributed by atoms with Gasteiger partial charge in [0, 0.05) is 0 Å². The fraction of sp³-hybridized carbons (Fsp3) is 0.900. The van der Waals surface area contributed by atoms with Crippen LogP contribution in [-0.2, 0) is 4.79 Å². The van der Waals surface area contributed by atoms with Gasteiger partial charge in [-0.05, 0) is 18.8 Å². The minimum atomic E-state index is -2.69. The van der Waals surface area contributed by atoms with Crippen molar-refractivity contribution in [1.82, 2.24) is 4.90 Å². The maximum absolute atomic E-state index is 12.6. The third-order valence-corrected chi connectivity index (χ3v) is 3.35. The number of hydrogen-bond donors (Lipinski definition) is 1. The predicted molar refractivity (Wildman–Crippen MR) is 51.5 cm³/mol. The summed E-state index contributed by atoms with van der Waals surface area (Å²) < 4.78 is 25.1. The van der Waals surface area contributed by atoms with Crippen LogP contribution in [0.4, 0.5) is 8.78 Å². The third kappa shape index (κ3) is 2.12. The van der Waals surface area contributed by atoms with Crippen molar-refractivity contribution in [3.05, 3.63) is 0 Å². The summed E-state index contributed by atoms with van der Waals surface area (Å²) in [6, 6.07) is -0.566. The normalized spacial score (nSPS) is 27.5. The van der Waals surface area contributed by atoms with E-state index in [1.807, 2.05) is 0 Å². The fourth-order valence-corrected chi connectivity index (χ4v) is 2.40. The standard InChI is InChI=1S/C10H16F2N2O/c11-10(12)5-14(6-10)9(15)8(13)7-3-1-2-4-7/h7-8H,1-6,13H2/t8-/m0/s1. The van der Waals surface area contributed by atoms with Crippen LogP contribution in [0, 0.1) is 5.92 Å². The summed E-state index contributed by atoms with van der Waals surface area (Å²) in [6.07, 6.45) is 4.11. The highest BCUT2D eigenvalue weighted by molar-refractivity contribution is 5.83. The van der Waals surface area contributed by atoms with Gasteiger partial charge in [0.05, 0.1) is 19.1 Å². The molecular weight excluding hydrogens is 202 g/mol. The number of rotatable bonds is 2. The average Bonchev–Trinajstić information content (AvgIpc) is 2.64. The Bertz CT molecular complexity index is 256. The Morgan fingerprint density at radius 2 is 1.87 bits per heavy atom. The van der Waals surface area contributed by atoms with Gasteiger partial charge in [-0.25, -0.2) is 8.78 Å². The molecule has 1 atom stereocenters. The number of carbonyl (C=O) groups excluding carboxylic acids is 1. The van der Waals surface area contributed by atoms with Crippen LogP contribution in [0.2, 0.25) is 0 Å². The zero-order valence-corrected chi connectivity index (χ0v) is 8.59. The van der Waals surface area contributed by atoms with E-state index in [1.165, 1.54) is 4.90 Å². The molecule has 1 saturated carbocycles. The molecule has 2 fully saturated rings. The Hall–Kier alpha value is -0.710. The van der Waals surface area contributed by atoms with E-state index >= 15 is 0 Å². The Balaban J connectivity index is 1.86. The number of likely N-dealkylation sites (tertiary alicyclic amines) is 1. The lowest BCUT2D eigenvalue weighted by Gasteiger charge is -2.40. The van der Waals surface area contributed by atoms with Gasteiger partial charge in [-0.2, -0.15) is 0 Å². The molecule has 0 aromatic rings. The van der Waals surface area contributed by atoms with Crippen LogP contribution < -0.4 is 5.73 Å². The molecule has 1 aliphatic heterocycles. The molecule has 2 N–H and O–H groups in total. The van der Waals surface area contributed by atoms with Crippen molar-refractivity contribution in [2.45, 2.75) is 37.6 Å². The monoisotopic (exact) mass is 218 g/mol. The number of alkyl halides is 2. The summed E-state index contributed by atoms with van der Waals surface area (Å²) in [5, 5.41) is 0. The molecule has 1 heterocycles. The number of carbonyl (C=O) groups is 1. The molecule has 0 aromatic heterocycles. The van der Waals surface area contributed by atoms with E-state index in [9.17, 15) is 13.6 Å². The van der Waals surface area contributed by atoms with Gasteiger partial charge in [0.15, 0.2) is 0 Å². The number of halogens is 2. The topological polar surface area (TPSA) is 46.3 Å². The van der Waals surface area contributed by atoms with E-state index in [0.29, 0.717) is 0 Å². The SMILES string of the molecule is N[C@H](C(=O)N1CC(F)(F)C1)C1CCCC1. The van der Waals surface area contributed by atoms with Gasteiger partial charge in [-0.15, -0.1) is 0 Å². The second kappa shape index (κ2) is 3.70. The van der Waals surface area contributed by atoms with Gasteiger partial charge in [0.25, 0.3) is 5.92 Å². The summed E-state index contributed by atoms with van der Waals surface area (Å²) in [5.74, 6) is -2.79.